The predicted octanol–water partition coefficient (Wildman–Crippen LogP) is 4.50. The minimum absolute atomic E-state index is 0.164. The van der Waals surface area contributed by atoms with Crippen molar-refractivity contribution in [2.75, 3.05) is 0 Å². The van der Waals surface area contributed by atoms with Crippen LogP contribution in [0.1, 0.15) is 18.9 Å². The van der Waals surface area contributed by atoms with E-state index in [9.17, 15) is 8.42 Å². The van der Waals surface area contributed by atoms with E-state index in [1.54, 1.807) is 12.1 Å². The maximum atomic E-state index is 13.3. The van der Waals surface area contributed by atoms with Crippen LogP contribution in [0.4, 0.5) is 0 Å². The van der Waals surface area contributed by atoms with Crippen LogP contribution in [0.15, 0.2) is 70.6 Å². The Morgan fingerprint density at radius 1 is 0.960 bits per heavy atom. The van der Waals surface area contributed by atoms with E-state index >= 15 is 0 Å². The molecule has 0 fully saturated rings. The first kappa shape index (κ1) is 15.8. The van der Waals surface area contributed by atoms with Gasteiger partial charge >= 0.3 is 0 Å². The number of rotatable bonds is 4. The number of hydrogen-bond donors (Lipinski definition) is 1. The van der Waals surface area contributed by atoms with Crippen LogP contribution in [0.25, 0.3) is 21.7 Å². The van der Waals surface area contributed by atoms with Crippen LogP contribution in [0, 0.1) is 0 Å². The number of aryl methyl sites for hydroxylation is 1. The Kier molecular flexibility index (Phi) is 3.81. The molecule has 1 heterocycles. The second-order valence-corrected chi connectivity index (χ2v) is 7.99. The van der Waals surface area contributed by atoms with Crippen LogP contribution in [0.3, 0.4) is 0 Å². The molecule has 4 rings (SSSR count). The number of fused-ring (bicyclic) bond motifs is 2. The molecule has 25 heavy (non-hydrogen) atoms. The number of benzene rings is 3. The summed E-state index contributed by atoms with van der Waals surface area (Å²) in [5.74, 6) is 0. The fourth-order valence-corrected chi connectivity index (χ4v) is 4.79. The average Bonchev–Trinajstić information content (AvgIpc) is 3.05. The third kappa shape index (κ3) is 2.61. The molecule has 4 aromatic rings. The van der Waals surface area contributed by atoms with Crippen molar-refractivity contribution in [1.29, 1.82) is 0 Å². The monoisotopic (exact) mass is 350 g/mol. The summed E-state index contributed by atoms with van der Waals surface area (Å²) in [4.78, 5) is 0.303. The fourth-order valence-electron chi connectivity index (χ4n) is 3.22. The van der Waals surface area contributed by atoms with Crippen molar-refractivity contribution < 1.29 is 8.42 Å². The van der Waals surface area contributed by atoms with Gasteiger partial charge in [0.2, 0.25) is 9.84 Å². The van der Waals surface area contributed by atoms with E-state index in [1.807, 2.05) is 48.5 Å². The molecular formula is C20H18N2O2S. The minimum atomic E-state index is -3.70. The first-order valence-electron chi connectivity index (χ1n) is 8.31. The van der Waals surface area contributed by atoms with E-state index in [-0.39, 0.29) is 5.03 Å². The largest absolute Gasteiger partial charge is 0.266 e. The molecule has 0 amide bonds. The van der Waals surface area contributed by atoms with Crippen molar-refractivity contribution in [1.82, 2.24) is 10.2 Å². The highest BCUT2D eigenvalue weighted by Crippen LogP contribution is 2.31. The van der Waals surface area contributed by atoms with E-state index in [4.69, 9.17) is 0 Å². The van der Waals surface area contributed by atoms with Gasteiger partial charge in [0.05, 0.1) is 10.4 Å². The van der Waals surface area contributed by atoms with Gasteiger partial charge in [-0.25, -0.2) is 8.42 Å². The highest BCUT2D eigenvalue weighted by atomic mass is 32.2. The van der Waals surface area contributed by atoms with E-state index in [1.165, 1.54) is 0 Å². The first-order valence-corrected chi connectivity index (χ1v) is 9.79. The summed E-state index contributed by atoms with van der Waals surface area (Å²) in [6.45, 7) is 2.10. The summed E-state index contributed by atoms with van der Waals surface area (Å²) in [5.41, 5.74) is 1.78. The van der Waals surface area contributed by atoms with Crippen molar-refractivity contribution in [3.05, 3.63) is 66.2 Å². The van der Waals surface area contributed by atoms with Gasteiger partial charge in [-0.3, -0.25) is 5.10 Å². The number of aromatic nitrogens is 2. The van der Waals surface area contributed by atoms with Crippen molar-refractivity contribution in [3.63, 3.8) is 0 Å². The van der Waals surface area contributed by atoms with Crippen molar-refractivity contribution in [2.45, 2.75) is 29.7 Å². The Hall–Kier alpha value is -2.66. The topological polar surface area (TPSA) is 62.8 Å². The fraction of sp³-hybridized carbons (Fsp3) is 0.150. The Balaban J connectivity index is 1.96. The summed E-state index contributed by atoms with van der Waals surface area (Å²) in [5, 5.41) is 9.37. The van der Waals surface area contributed by atoms with E-state index in [0.29, 0.717) is 15.8 Å². The maximum Gasteiger partial charge on any atom is 0.224 e. The lowest BCUT2D eigenvalue weighted by molar-refractivity contribution is 0.593. The number of hydrogen-bond acceptors (Lipinski definition) is 3. The van der Waals surface area contributed by atoms with Crippen molar-refractivity contribution >= 4 is 31.5 Å². The molecule has 0 spiro atoms. The molecule has 0 aliphatic carbocycles. The Labute approximate surface area is 146 Å². The summed E-state index contributed by atoms with van der Waals surface area (Å²) in [6, 6.07) is 18.7. The smallest absolute Gasteiger partial charge is 0.224 e. The summed E-state index contributed by atoms with van der Waals surface area (Å²) >= 11 is 0. The molecule has 0 unspecified atom stereocenters. The lowest BCUT2D eigenvalue weighted by atomic mass is 10.1. The molecule has 1 aromatic heterocycles. The van der Waals surface area contributed by atoms with Gasteiger partial charge in [0, 0.05) is 10.8 Å². The van der Waals surface area contributed by atoms with E-state index in [0.717, 1.165) is 29.2 Å². The number of sulfone groups is 1. The second kappa shape index (κ2) is 6.01. The molecule has 3 aromatic carbocycles. The first-order chi connectivity index (χ1) is 12.1. The highest BCUT2D eigenvalue weighted by molar-refractivity contribution is 7.91. The molecule has 0 radical (unpaired) electrons. The van der Waals surface area contributed by atoms with E-state index < -0.39 is 9.84 Å². The molecule has 1 N–H and O–H groups in total. The minimum Gasteiger partial charge on any atom is -0.266 e. The Bertz CT molecular complexity index is 1170. The van der Waals surface area contributed by atoms with Crippen LogP contribution in [-0.4, -0.2) is 18.6 Å². The Morgan fingerprint density at radius 3 is 2.60 bits per heavy atom. The van der Waals surface area contributed by atoms with Gasteiger partial charge in [0.25, 0.3) is 0 Å². The molecule has 0 bridgehead atoms. The van der Waals surface area contributed by atoms with Gasteiger partial charge in [0.1, 0.15) is 0 Å². The molecule has 0 saturated carbocycles. The molecule has 0 aliphatic rings. The normalized spacial score (nSPS) is 12.0. The second-order valence-electron chi connectivity index (χ2n) is 6.13. The van der Waals surface area contributed by atoms with Crippen LogP contribution in [0.5, 0.6) is 0 Å². The van der Waals surface area contributed by atoms with Crippen LogP contribution in [0.2, 0.25) is 0 Å². The summed E-state index contributed by atoms with van der Waals surface area (Å²) < 4.78 is 26.6. The van der Waals surface area contributed by atoms with Gasteiger partial charge in [-0.05, 0) is 35.6 Å². The number of aromatic amines is 1. The SMILES string of the molecule is CCCc1ccc2n[nH]c(S(=O)(=O)c3cccc4ccccc34)c2c1. The third-order valence-electron chi connectivity index (χ3n) is 4.43. The maximum absolute atomic E-state index is 13.3. The summed E-state index contributed by atoms with van der Waals surface area (Å²) in [6.07, 6.45) is 1.92. The zero-order valence-electron chi connectivity index (χ0n) is 13.9. The third-order valence-corrected chi connectivity index (χ3v) is 6.21. The van der Waals surface area contributed by atoms with Crippen LogP contribution >= 0.6 is 0 Å². The predicted molar refractivity (Wildman–Crippen MR) is 99.5 cm³/mol. The Morgan fingerprint density at radius 2 is 1.76 bits per heavy atom. The molecule has 0 aliphatic heterocycles. The molecule has 0 saturated heterocycles. The van der Waals surface area contributed by atoms with Crippen molar-refractivity contribution in [2.24, 2.45) is 0 Å². The lowest BCUT2D eigenvalue weighted by Gasteiger charge is -2.07. The van der Waals surface area contributed by atoms with Gasteiger partial charge in [-0.15, -0.1) is 0 Å². The quantitative estimate of drug-likeness (QED) is 0.589. The van der Waals surface area contributed by atoms with Gasteiger partial charge in [0.15, 0.2) is 5.03 Å². The standard InChI is InChI=1S/C20H18N2O2S/c1-2-6-14-11-12-18-17(13-14)20(22-21-18)25(23,24)19-10-5-8-15-7-3-4-9-16(15)19/h3-5,7-13H,2,6H2,1H3,(H,21,22). The molecular weight excluding hydrogens is 332 g/mol. The van der Waals surface area contributed by atoms with Gasteiger partial charge < -0.3 is 0 Å². The van der Waals surface area contributed by atoms with Crippen LogP contribution < -0.4 is 0 Å². The van der Waals surface area contributed by atoms with Crippen LogP contribution in [-0.2, 0) is 16.3 Å². The zero-order valence-corrected chi connectivity index (χ0v) is 14.7. The average molecular weight is 350 g/mol. The molecule has 126 valence electrons. The molecule has 5 heteroatoms. The number of nitrogens with zero attached hydrogens (tertiary/aromatic N) is 1. The van der Waals surface area contributed by atoms with Gasteiger partial charge in [-0.2, -0.15) is 5.10 Å². The number of H-pyrrole nitrogens is 1. The molecule has 4 nitrogen and oxygen atoms in total. The lowest BCUT2D eigenvalue weighted by Crippen LogP contribution is -2.04. The van der Waals surface area contributed by atoms with Gasteiger partial charge in [-0.1, -0.05) is 55.8 Å². The number of nitrogens with one attached hydrogen (secondary N) is 1. The summed E-state index contributed by atoms with van der Waals surface area (Å²) in [7, 11) is -3.70. The molecule has 0 atom stereocenters. The zero-order chi connectivity index (χ0) is 17.4. The van der Waals surface area contributed by atoms with E-state index in [2.05, 4.69) is 17.1 Å². The highest BCUT2D eigenvalue weighted by Gasteiger charge is 2.25. The van der Waals surface area contributed by atoms with Crippen molar-refractivity contribution in [3.8, 4) is 0 Å².